The van der Waals surface area contributed by atoms with Crippen LogP contribution >= 0.6 is 0 Å². The molecule has 4 N–H and O–H groups in total. The van der Waals surface area contributed by atoms with Crippen molar-refractivity contribution in [3.05, 3.63) is 11.6 Å². The maximum Gasteiger partial charge on any atom is 0.245 e. The average Bonchev–Trinajstić information content (AvgIpc) is 3.14. The highest BCUT2D eigenvalue weighted by molar-refractivity contribution is 5.84. The number of nitrogens with one attached hydrogen (secondary N) is 2. The van der Waals surface area contributed by atoms with Gasteiger partial charge in [0.05, 0.1) is 44.1 Å². The van der Waals surface area contributed by atoms with Crippen molar-refractivity contribution in [1.29, 1.82) is 0 Å². The van der Waals surface area contributed by atoms with Crippen LogP contribution in [0.4, 0.5) is 0 Å². The van der Waals surface area contributed by atoms with Crippen LogP contribution < -0.4 is 10.6 Å². The van der Waals surface area contributed by atoms with Crippen molar-refractivity contribution in [1.82, 2.24) is 10.6 Å². The first-order valence-electron chi connectivity index (χ1n) is 22.7. The van der Waals surface area contributed by atoms with Crippen molar-refractivity contribution in [2.45, 2.75) is 170 Å². The van der Waals surface area contributed by atoms with Crippen LogP contribution in [0.3, 0.4) is 0 Å². The molecule has 0 aromatic heterocycles. The third kappa shape index (κ3) is 9.27. The van der Waals surface area contributed by atoms with Gasteiger partial charge in [-0.1, -0.05) is 98.6 Å². The van der Waals surface area contributed by atoms with Gasteiger partial charge in [-0.3, -0.25) is 9.59 Å². The minimum Gasteiger partial charge on any atom is -0.390 e. The van der Waals surface area contributed by atoms with Gasteiger partial charge in [-0.05, 0) is 115 Å². The first-order chi connectivity index (χ1) is 26.5. The van der Waals surface area contributed by atoms with Crippen molar-refractivity contribution in [2.75, 3.05) is 53.2 Å². The molecule has 4 fully saturated rings. The van der Waals surface area contributed by atoms with E-state index in [1.807, 2.05) is 0 Å². The lowest BCUT2D eigenvalue weighted by atomic mass is 9.33. The van der Waals surface area contributed by atoms with Crippen LogP contribution in [-0.4, -0.2) is 87.5 Å². The van der Waals surface area contributed by atoms with Crippen molar-refractivity contribution >= 4 is 11.8 Å². The monoisotopic (exact) mass is 787 g/mol. The molecular formula is C47H82N2O7. The lowest BCUT2D eigenvalue weighted by molar-refractivity contribution is -0.231. The molecule has 0 heterocycles. The lowest BCUT2D eigenvalue weighted by Gasteiger charge is -2.71. The third-order valence-corrected chi connectivity index (χ3v) is 16.8. The molecule has 0 unspecified atom stereocenters. The van der Waals surface area contributed by atoms with Gasteiger partial charge in [-0.25, -0.2) is 0 Å². The Balaban J connectivity index is 1.06. The number of aliphatic hydroxyl groups is 2. The lowest BCUT2D eigenvalue weighted by Crippen LogP contribution is -2.67. The molecule has 56 heavy (non-hydrogen) atoms. The molecule has 322 valence electrons. The van der Waals surface area contributed by atoms with Crippen LogP contribution in [0.1, 0.15) is 158 Å². The Labute approximate surface area is 340 Å². The summed E-state index contributed by atoms with van der Waals surface area (Å²) in [4.78, 5) is 26.4. The molecule has 0 aromatic rings. The van der Waals surface area contributed by atoms with Gasteiger partial charge in [0.25, 0.3) is 0 Å². The fourth-order valence-corrected chi connectivity index (χ4v) is 13.3. The van der Waals surface area contributed by atoms with E-state index in [9.17, 15) is 19.8 Å². The van der Waals surface area contributed by atoms with E-state index in [2.05, 4.69) is 65.2 Å². The molecular weight excluding hydrogens is 705 g/mol. The molecule has 5 aliphatic rings. The van der Waals surface area contributed by atoms with E-state index in [-0.39, 0.29) is 50.9 Å². The number of rotatable bonds is 20. The van der Waals surface area contributed by atoms with Gasteiger partial charge in [-0.15, -0.1) is 0 Å². The van der Waals surface area contributed by atoms with Crippen molar-refractivity contribution in [3.8, 4) is 0 Å². The summed E-state index contributed by atoms with van der Waals surface area (Å²) < 4.78 is 15.6. The minimum absolute atomic E-state index is 0.0278. The number of allylic oxidation sites excluding steroid dienone is 2. The number of fused-ring (bicyclic) bond motifs is 7. The number of carbonyl (C=O) groups excluding carboxylic acids is 2. The first kappa shape index (κ1) is 45.6. The Morgan fingerprint density at radius 1 is 0.732 bits per heavy atom. The van der Waals surface area contributed by atoms with Crippen LogP contribution in [-0.2, 0) is 23.8 Å². The molecule has 0 spiro atoms. The highest BCUT2D eigenvalue weighted by Gasteiger charge is 2.70. The summed E-state index contributed by atoms with van der Waals surface area (Å²) in [7, 11) is 1.64. The van der Waals surface area contributed by atoms with Crippen LogP contribution in [0.5, 0.6) is 0 Å². The molecule has 0 saturated heterocycles. The van der Waals surface area contributed by atoms with E-state index in [0.717, 1.165) is 83.6 Å². The summed E-state index contributed by atoms with van der Waals surface area (Å²) in [5, 5.41) is 28.7. The van der Waals surface area contributed by atoms with E-state index in [0.29, 0.717) is 57.1 Å². The molecule has 0 aromatic carbocycles. The number of aliphatic hydroxyl groups excluding tert-OH is 2. The summed E-state index contributed by atoms with van der Waals surface area (Å²) in [5.41, 5.74) is 1.25. The number of carbonyl (C=O) groups is 2. The van der Waals surface area contributed by atoms with Gasteiger partial charge in [0.1, 0.15) is 6.61 Å². The molecule has 9 heteroatoms. The van der Waals surface area contributed by atoms with E-state index >= 15 is 0 Å². The zero-order chi connectivity index (χ0) is 40.8. The van der Waals surface area contributed by atoms with E-state index in [4.69, 9.17) is 14.2 Å². The molecule has 5 rings (SSSR count). The largest absolute Gasteiger partial charge is 0.390 e. The van der Waals surface area contributed by atoms with E-state index in [1.165, 1.54) is 25.7 Å². The van der Waals surface area contributed by atoms with Crippen LogP contribution in [0.2, 0.25) is 0 Å². The highest BCUT2D eigenvalue weighted by Crippen LogP contribution is 2.75. The Kier molecular flexibility index (Phi) is 15.3. The Morgan fingerprint density at radius 3 is 2.02 bits per heavy atom. The topological polar surface area (TPSA) is 126 Å². The summed E-state index contributed by atoms with van der Waals surface area (Å²) >= 11 is 0. The standard InChI is InChI=1S/C47H82N2O7/c1-42(2)21-23-47(41(53)49-26-16-14-12-10-9-11-13-15-25-48-39(51)33-56-30-29-55-28-27-54-8)24-22-45(6)34(35(47)31-42)17-18-38-44(5)32-36(50)40(52)43(3,4)37(44)19-20-46(38,45)7/h17,35-38,40,50,52H,9-16,18-33H2,1-8H3,(H,48,51)(H,49,53)/t35-,36+,37-,38+,40-,44-,45+,46+,47-/m0/s1. The van der Waals surface area contributed by atoms with E-state index < -0.39 is 12.2 Å². The number of hydrogen-bond donors (Lipinski definition) is 4. The number of ether oxygens (including phenoxy) is 3. The summed E-state index contributed by atoms with van der Waals surface area (Å²) in [6.45, 7) is 20.3. The predicted molar refractivity (Wildman–Crippen MR) is 223 cm³/mol. The molecule has 9 nitrogen and oxygen atoms in total. The summed E-state index contributed by atoms with van der Waals surface area (Å²) in [6.07, 6.45) is 19.4. The summed E-state index contributed by atoms with van der Waals surface area (Å²) in [5.74, 6) is 1.34. The number of hydrogen-bond acceptors (Lipinski definition) is 7. The van der Waals surface area contributed by atoms with Gasteiger partial charge in [0.2, 0.25) is 11.8 Å². The molecule has 0 aliphatic heterocycles. The van der Waals surface area contributed by atoms with Gasteiger partial charge < -0.3 is 35.1 Å². The second-order valence-corrected chi connectivity index (χ2v) is 21.0. The number of methoxy groups -OCH3 is 1. The predicted octanol–water partition coefficient (Wildman–Crippen LogP) is 8.15. The second-order valence-electron chi connectivity index (χ2n) is 21.0. The fourth-order valence-electron chi connectivity index (χ4n) is 13.3. The SMILES string of the molecule is COCCOCCOCC(=O)NCCCCCCCCCCNC(=O)[C@]12CCC(C)(C)C[C@H]1C1=CC[C@@H]3[C@@]4(C)C[C@@H](O)[C@H](O)C(C)(C)[C@@H]4CC[C@@]3(C)[C@]1(C)CC2. The Hall–Kier alpha value is -1.52. The van der Waals surface area contributed by atoms with Gasteiger partial charge in [-0.2, -0.15) is 0 Å². The maximum atomic E-state index is 14.5. The molecule has 0 bridgehead atoms. The normalized spacial score (nSPS) is 37.0. The smallest absolute Gasteiger partial charge is 0.245 e. The molecule has 0 radical (unpaired) electrons. The van der Waals surface area contributed by atoms with Crippen LogP contribution in [0, 0.1) is 50.2 Å². The van der Waals surface area contributed by atoms with Crippen LogP contribution in [0.25, 0.3) is 0 Å². The van der Waals surface area contributed by atoms with Crippen molar-refractivity contribution in [3.63, 3.8) is 0 Å². The zero-order valence-corrected chi connectivity index (χ0v) is 36.9. The van der Waals surface area contributed by atoms with Gasteiger partial charge in [0, 0.05) is 20.2 Å². The molecule has 4 saturated carbocycles. The maximum absolute atomic E-state index is 14.5. The quantitative estimate of drug-likeness (QED) is 0.0725. The first-order valence-corrected chi connectivity index (χ1v) is 22.7. The molecule has 9 atom stereocenters. The van der Waals surface area contributed by atoms with Gasteiger partial charge >= 0.3 is 0 Å². The Morgan fingerprint density at radius 2 is 1.34 bits per heavy atom. The van der Waals surface area contributed by atoms with E-state index in [1.54, 1.807) is 12.7 Å². The third-order valence-electron chi connectivity index (χ3n) is 16.8. The number of unbranched alkanes of at least 4 members (excludes halogenated alkanes) is 7. The molecule has 2 amide bonds. The molecule has 5 aliphatic carbocycles. The fraction of sp³-hybridized carbons (Fsp3) is 0.915. The average molecular weight is 787 g/mol. The van der Waals surface area contributed by atoms with Crippen molar-refractivity contribution in [2.24, 2.45) is 50.2 Å². The summed E-state index contributed by atoms with van der Waals surface area (Å²) in [6, 6.07) is 0. The van der Waals surface area contributed by atoms with Crippen LogP contribution in [0.15, 0.2) is 11.6 Å². The van der Waals surface area contributed by atoms with Crippen molar-refractivity contribution < 1.29 is 34.0 Å². The van der Waals surface area contributed by atoms with Gasteiger partial charge in [0.15, 0.2) is 0 Å². The zero-order valence-electron chi connectivity index (χ0n) is 36.9. The highest BCUT2D eigenvalue weighted by atomic mass is 16.5. The number of amides is 2. The minimum atomic E-state index is -0.680. The second kappa shape index (κ2) is 18.8. The Bertz CT molecular complexity index is 1350.